The molecular weight excluding hydrogens is 267 g/mol. The second-order valence-corrected chi connectivity index (χ2v) is 7.23. The summed E-state index contributed by atoms with van der Waals surface area (Å²) in [7, 11) is 0. The minimum Gasteiger partial charge on any atom is -0.474 e. The molecule has 1 aliphatic carbocycles. The standard InChI is InChI=1S/C17H27FN2O/c1-12-6-5-7-15(8-12)21-16-13(9-14(18)11-19-16)10-20-17(2,3)4/h9,11-12,15,20H,5-8,10H2,1-4H3. The third kappa shape index (κ3) is 5.27. The van der Waals surface area contributed by atoms with Crippen molar-refractivity contribution in [1.29, 1.82) is 0 Å². The minimum atomic E-state index is -0.315. The van der Waals surface area contributed by atoms with Crippen LogP contribution in [0, 0.1) is 11.7 Å². The van der Waals surface area contributed by atoms with E-state index in [2.05, 4.69) is 38.0 Å². The van der Waals surface area contributed by atoms with Crippen molar-refractivity contribution in [3.8, 4) is 5.88 Å². The molecule has 0 aromatic carbocycles. The van der Waals surface area contributed by atoms with Crippen LogP contribution in [0.25, 0.3) is 0 Å². The minimum absolute atomic E-state index is 0.0249. The molecule has 0 aliphatic heterocycles. The van der Waals surface area contributed by atoms with Crippen molar-refractivity contribution < 1.29 is 9.13 Å². The van der Waals surface area contributed by atoms with Gasteiger partial charge in [0.05, 0.1) is 6.20 Å². The van der Waals surface area contributed by atoms with Crippen molar-refractivity contribution in [2.45, 2.75) is 71.6 Å². The molecule has 1 aliphatic rings. The molecule has 1 heterocycles. The number of halogens is 1. The predicted molar refractivity (Wildman–Crippen MR) is 82.8 cm³/mol. The fourth-order valence-electron chi connectivity index (χ4n) is 2.71. The Kier molecular flexibility index (Phi) is 5.20. The van der Waals surface area contributed by atoms with E-state index >= 15 is 0 Å². The van der Waals surface area contributed by atoms with Gasteiger partial charge in [-0.2, -0.15) is 0 Å². The average Bonchev–Trinajstić information content (AvgIpc) is 2.38. The van der Waals surface area contributed by atoms with E-state index in [0.29, 0.717) is 18.3 Å². The number of rotatable bonds is 4. The van der Waals surface area contributed by atoms with Crippen LogP contribution in [0.1, 0.15) is 58.9 Å². The number of hydrogen-bond donors (Lipinski definition) is 1. The summed E-state index contributed by atoms with van der Waals surface area (Å²) in [6.07, 6.45) is 6.04. The van der Waals surface area contributed by atoms with Crippen LogP contribution in [0.5, 0.6) is 5.88 Å². The van der Waals surface area contributed by atoms with E-state index in [1.807, 2.05) is 0 Å². The first-order valence-corrected chi connectivity index (χ1v) is 7.89. The van der Waals surface area contributed by atoms with E-state index in [9.17, 15) is 4.39 Å². The molecule has 1 aromatic heterocycles. The highest BCUT2D eigenvalue weighted by Gasteiger charge is 2.22. The molecule has 1 N–H and O–H groups in total. The highest BCUT2D eigenvalue weighted by molar-refractivity contribution is 5.26. The highest BCUT2D eigenvalue weighted by Crippen LogP contribution is 2.28. The van der Waals surface area contributed by atoms with E-state index in [-0.39, 0.29) is 17.5 Å². The Labute approximate surface area is 127 Å². The van der Waals surface area contributed by atoms with Gasteiger partial charge in [-0.25, -0.2) is 9.37 Å². The van der Waals surface area contributed by atoms with Gasteiger partial charge < -0.3 is 10.1 Å². The lowest BCUT2D eigenvalue weighted by Gasteiger charge is -2.28. The van der Waals surface area contributed by atoms with Gasteiger partial charge in [0.15, 0.2) is 0 Å². The number of nitrogens with zero attached hydrogens (tertiary/aromatic N) is 1. The second-order valence-electron chi connectivity index (χ2n) is 7.23. The third-order valence-corrected chi connectivity index (χ3v) is 3.87. The van der Waals surface area contributed by atoms with Gasteiger partial charge in [0.2, 0.25) is 5.88 Å². The lowest BCUT2D eigenvalue weighted by Crippen LogP contribution is -2.35. The Morgan fingerprint density at radius 2 is 2.14 bits per heavy atom. The van der Waals surface area contributed by atoms with Gasteiger partial charge in [0.25, 0.3) is 0 Å². The third-order valence-electron chi connectivity index (χ3n) is 3.87. The fraction of sp³-hybridized carbons (Fsp3) is 0.706. The molecule has 1 fully saturated rings. The molecule has 118 valence electrons. The summed E-state index contributed by atoms with van der Waals surface area (Å²) in [5.41, 5.74) is 0.770. The number of ether oxygens (including phenoxy) is 1. The predicted octanol–water partition coefficient (Wildman–Crippen LogP) is 4.07. The van der Waals surface area contributed by atoms with Gasteiger partial charge in [-0.1, -0.05) is 13.3 Å². The quantitative estimate of drug-likeness (QED) is 0.909. The van der Waals surface area contributed by atoms with E-state index in [0.717, 1.165) is 18.4 Å². The smallest absolute Gasteiger partial charge is 0.218 e. The van der Waals surface area contributed by atoms with E-state index < -0.39 is 0 Å². The van der Waals surface area contributed by atoms with E-state index in [1.54, 1.807) is 0 Å². The Balaban J connectivity index is 2.07. The first kappa shape index (κ1) is 16.2. The van der Waals surface area contributed by atoms with Gasteiger partial charge in [0.1, 0.15) is 11.9 Å². The summed E-state index contributed by atoms with van der Waals surface area (Å²) < 4.78 is 19.5. The number of pyridine rings is 1. The number of aromatic nitrogens is 1. The maximum absolute atomic E-state index is 13.5. The zero-order valence-corrected chi connectivity index (χ0v) is 13.6. The van der Waals surface area contributed by atoms with Crippen molar-refractivity contribution >= 4 is 0 Å². The van der Waals surface area contributed by atoms with Crippen molar-refractivity contribution in [2.24, 2.45) is 5.92 Å². The monoisotopic (exact) mass is 294 g/mol. The molecular formula is C17H27FN2O. The molecule has 21 heavy (non-hydrogen) atoms. The highest BCUT2D eigenvalue weighted by atomic mass is 19.1. The molecule has 0 radical (unpaired) electrons. The summed E-state index contributed by atoms with van der Waals surface area (Å²) in [6, 6.07) is 1.52. The van der Waals surface area contributed by atoms with Gasteiger partial charge in [-0.3, -0.25) is 0 Å². The fourth-order valence-corrected chi connectivity index (χ4v) is 2.71. The molecule has 0 amide bonds. The normalized spacial score (nSPS) is 23.1. The van der Waals surface area contributed by atoms with Gasteiger partial charge >= 0.3 is 0 Å². The Morgan fingerprint density at radius 1 is 1.38 bits per heavy atom. The number of nitrogens with one attached hydrogen (secondary N) is 1. The number of hydrogen-bond acceptors (Lipinski definition) is 3. The summed E-state index contributed by atoms with van der Waals surface area (Å²) >= 11 is 0. The second kappa shape index (κ2) is 6.73. The molecule has 2 unspecified atom stereocenters. The summed E-state index contributed by atoms with van der Waals surface area (Å²) in [5, 5.41) is 3.37. The summed E-state index contributed by atoms with van der Waals surface area (Å²) in [6.45, 7) is 9.08. The maximum atomic E-state index is 13.5. The lowest BCUT2D eigenvalue weighted by molar-refractivity contribution is 0.122. The van der Waals surface area contributed by atoms with Gasteiger partial charge in [-0.05, 0) is 52.0 Å². The molecule has 0 spiro atoms. The van der Waals surface area contributed by atoms with Crippen molar-refractivity contribution in [3.63, 3.8) is 0 Å². The Morgan fingerprint density at radius 3 is 2.81 bits per heavy atom. The van der Waals surface area contributed by atoms with Crippen molar-refractivity contribution in [1.82, 2.24) is 10.3 Å². The van der Waals surface area contributed by atoms with Crippen molar-refractivity contribution in [2.75, 3.05) is 0 Å². The summed E-state index contributed by atoms with van der Waals surface area (Å²) in [4.78, 5) is 4.16. The Bertz CT molecular complexity index is 470. The van der Waals surface area contributed by atoms with Crippen LogP contribution >= 0.6 is 0 Å². The largest absolute Gasteiger partial charge is 0.474 e. The van der Waals surface area contributed by atoms with Crippen LogP contribution in [-0.2, 0) is 6.54 Å². The average molecular weight is 294 g/mol. The van der Waals surface area contributed by atoms with Gasteiger partial charge in [0, 0.05) is 17.6 Å². The van der Waals surface area contributed by atoms with Crippen LogP contribution < -0.4 is 10.1 Å². The maximum Gasteiger partial charge on any atom is 0.218 e. The van der Waals surface area contributed by atoms with Crippen LogP contribution in [0.3, 0.4) is 0 Å². The SMILES string of the molecule is CC1CCCC(Oc2ncc(F)cc2CNC(C)(C)C)C1. The molecule has 4 heteroatoms. The first-order chi connectivity index (χ1) is 9.83. The molecule has 2 rings (SSSR count). The van der Waals surface area contributed by atoms with Crippen LogP contribution in [-0.4, -0.2) is 16.6 Å². The molecule has 3 nitrogen and oxygen atoms in total. The van der Waals surface area contributed by atoms with Gasteiger partial charge in [-0.15, -0.1) is 0 Å². The molecule has 0 saturated heterocycles. The molecule has 0 bridgehead atoms. The lowest BCUT2D eigenvalue weighted by atomic mass is 9.89. The van der Waals surface area contributed by atoms with E-state index in [4.69, 9.17) is 4.74 Å². The van der Waals surface area contributed by atoms with Crippen molar-refractivity contribution in [3.05, 3.63) is 23.6 Å². The molecule has 2 atom stereocenters. The Hall–Kier alpha value is -1.16. The van der Waals surface area contributed by atoms with Crippen LogP contribution in [0.15, 0.2) is 12.3 Å². The zero-order chi connectivity index (χ0) is 15.5. The zero-order valence-electron chi connectivity index (χ0n) is 13.6. The van der Waals surface area contributed by atoms with Crippen LogP contribution in [0.2, 0.25) is 0 Å². The molecule has 1 aromatic rings. The first-order valence-electron chi connectivity index (χ1n) is 7.89. The van der Waals surface area contributed by atoms with E-state index in [1.165, 1.54) is 25.1 Å². The topological polar surface area (TPSA) is 34.1 Å². The molecule has 1 saturated carbocycles. The summed E-state index contributed by atoms with van der Waals surface area (Å²) in [5.74, 6) is 0.956. The van der Waals surface area contributed by atoms with Crippen LogP contribution in [0.4, 0.5) is 4.39 Å².